The molecule has 2 aromatic rings. The van der Waals surface area contributed by atoms with Gasteiger partial charge in [-0.15, -0.1) is 22.7 Å². The van der Waals surface area contributed by atoms with Gasteiger partial charge in [0.05, 0.1) is 10.6 Å². The molecular formula is C13H18N2S2. The Hall–Kier alpha value is -0.710. The summed E-state index contributed by atoms with van der Waals surface area (Å²) in [7, 11) is 0. The normalized spacial score (nSPS) is 12.9. The molecule has 4 heteroatoms. The van der Waals surface area contributed by atoms with Crippen LogP contribution < -0.4 is 5.73 Å². The Morgan fingerprint density at radius 3 is 2.76 bits per heavy atom. The van der Waals surface area contributed by atoms with Gasteiger partial charge in [0, 0.05) is 4.88 Å². The van der Waals surface area contributed by atoms with Crippen LogP contribution in [0.15, 0.2) is 11.4 Å². The number of thiophene rings is 1. The van der Waals surface area contributed by atoms with Crippen molar-refractivity contribution in [2.45, 2.75) is 33.1 Å². The van der Waals surface area contributed by atoms with Crippen molar-refractivity contribution in [3.05, 3.63) is 27.6 Å². The van der Waals surface area contributed by atoms with Crippen LogP contribution in [0.3, 0.4) is 0 Å². The average molecular weight is 266 g/mol. The van der Waals surface area contributed by atoms with Crippen molar-refractivity contribution in [3.63, 3.8) is 0 Å². The average Bonchev–Trinajstić information content (AvgIpc) is 2.84. The molecule has 0 aromatic carbocycles. The van der Waals surface area contributed by atoms with E-state index in [0.29, 0.717) is 5.92 Å². The fourth-order valence-electron chi connectivity index (χ4n) is 1.94. The third-order valence-electron chi connectivity index (χ3n) is 2.94. The smallest absolute Gasteiger partial charge is 0.134 e. The molecule has 0 amide bonds. The zero-order valence-corrected chi connectivity index (χ0v) is 12.1. The molecule has 0 aliphatic heterocycles. The van der Waals surface area contributed by atoms with Crippen LogP contribution in [0.1, 0.15) is 35.4 Å². The second kappa shape index (κ2) is 5.29. The van der Waals surface area contributed by atoms with Crippen LogP contribution >= 0.6 is 22.7 Å². The second-order valence-electron chi connectivity index (χ2n) is 4.38. The summed E-state index contributed by atoms with van der Waals surface area (Å²) in [5.74, 6) is 0.520. The highest BCUT2D eigenvalue weighted by Crippen LogP contribution is 2.37. The van der Waals surface area contributed by atoms with Gasteiger partial charge in [0.25, 0.3) is 0 Å². The topological polar surface area (TPSA) is 38.9 Å². The summed E-state index contributed by atoms with van der Waals surface area (Å²) in [5.41, 5.74) is 8.12. The molecule has 2 rings (SSSR count). The van der Waals surface area contributed by atoms with Crippen LogP contribution in [-0.2, 0) is 0 Å². The lowest BCUT2D eigenvalue weighted by Gasteiger charge is -2.07. The summed E-state index contributed by atoms with van der Waals surface area (Å²) in [4.78, 5) is 7.40. The van der Waals surface area contributed by atoms with Gasteiger partial charge in [-0.3, -0.25) is 0 Å². The maximum atomic E-state index is 5.63. The Balaban J connectivity index is 2.34. The van der Waals surface area contributed by atoms with Gasteiger partial charge in [0.15, 0.2) is 0 Å². The summed E-state index contributed by atoms with van der Waals surface area (Å²) in [6.45, 7) is 7.22. The first kappa shape index (κ1) is 12.7. The van der Waals surface area contributed by atoms with Gasteiger partial charge in [-0.05, 0) is 49.7 Å². The Morgan fingerprint density at radius 1 is 1.41 bits per heavy atom. The minimum absolute atomic E-state index is 0.520. The van der Waals surface area contributed by atoms with E-state index in [1.54, 1.807) is 11.3 Å². The summed E-state index contributed by atoms with van der Waals surface area (Å²) in [6.07, 6.45) is 1.03. The molecule has 92 valence electrons. The number of aryl methyl sites for hydroxylation is 2. The van der Waals surface area contributed by atoms with Gasteiger partial charge in [-0.25, -0.2) is 4.98 Å². The predicted molar refractivity (Wildman–Crippen MR) is 77.0 cm³/mol. The van der Waals surface area contributed by atoms with E-state index in [9.17, 15) is 0 Å². The largest absolute Gasteiger partial charge is 0.330 e. The molecule has 17 heavy (non-hydrogen) atoms. The monoisotopic (exact) mass is 266 g/mol. The quantitative estimate of drug-likeness (QED) is 0.910. The van der Waals surface area contributed by atoms with Gasteiger partial charge in [-0.2, -0.15) is 0 Å². The summed E-state index contributed by atoms with van der Waals surface area (Å²) in [6, 6.07) is 2.15. The fourth-order valence-corrected chi connectivity index (χ4v) is 4.17. The highest BCUT2D eigenvalue weighted by Gasteiger charge is 2.16. The van der Waals surface area contributed by atoms with Gasteiger partial charge in [-0.1, -0.05) is 6.92 Å². The second-order valence-corrected chi connectivity index (χ2v) is 6.33. The molecule has 2 aromatic heterocycles. The van der Waals surface area contributed by atoms with Crippen molar-refractivity contribution in [3.8, 4) is 9.88 Å². The first-order valence-corrected chi connectivity index (χ1v) is 7.55. The molecule has 1 unspecified atom stereocenters. The van der Waals surface area contributed by atoms with Crippen molar-refractivity contribution in [1.82, 2.24) is 4.98 Å². The van der Waals surface area contributed by atoms with Crippen LogP contribution in [0.5, 0.6) is 0 Å². The molecule has 2 N–H and O–H groups in total. The number of aromatic nitrogens is 1. The first-order chi connectivity index (χ1) is 8.13. The van der Waals surface area contributed by atoms with E-state index in [2.05, 4.69) is 32.2 Å². The van der Waals surface area contributed by atoms with Crippen molar-refractivity contribution in [2.24, 2.45) is 5.73 Å². The standard InChI is InChI=1S/C13H18N2S2/c1-8(4-6-14)11-10(3)15-13(17-11)12-9(2)5-7-16-12/h5,7-8H,4,6,14H2,1-3H3. The van der Waals surface area contributed by atoms with E-state index in [1.807, 2.05) is 11.3 Å². The maximum absolute atomic E-state index is 5.63. The SMILES string of the molecule is Cc1ccsc1-c1nc(C)c(C(C)CCN)s1. The molecule has 0 fully saturated rings. The molecule has 2 heterocycles. The van der Waals surface area contributed by atoms with Crippen molar-refractivity contribution in [2.75, 3.05) is 6.54 Å². The minimum Gasteiger partial charge on any atom is -0.330 e. The number of thiazole rings is 1. The van der Waals surface area contributed by atoms with E-state index in [4.69, 9.17) is 10.7 Å². The molecule has 0 saturated heterocycles. The highest BCUT2D eigenvalue weighted by molar-refractivity contribution is 7.21. The van der Waals surface area contributed by atoms with Gasteiger partial charge in [0.2, 0.25) is 0 Å². The van der Waals surface area contributed by atoms with Crippen LogP contribution in [0.2, 0.25) is 0 Å². The molecular weight excluding hydrogens is 248 g/mol. The number of nitrogens with zero attached hydrogens (tertiary/aromatic N) is 1. The van der Waals surface area contributed by atoms with E-state index in [1.165, 1.54) is 21.0 Å². The van der Waals surface area contributed by atoms with Crippen LogP contribution in [0.25, 0.3) is 9.88 Å². The summed E-state index contributed by atoms with van der Waals surface area (Å²) < 4.78 is 0. The Kier molecular flexibility index (Phi) is 3.97. The third-order valence-corrected chi connectivity index (χ3v) is 5.49. The Morgan fingerprint density at radius 2 is 2.18 bits per heavy atom. The van der Waals surface area contributed by atoms with E-state index >= 15 is 0 Å². The molecule has 0 aliphatic carbocycles. The Bertz CT molecular complexity index is 499. The highest BCUT2D eigenvalue weighted by atomic mass is 32.1. The summed E-state index contributed by atoms with van der Waals surface area (Å²) >= 11 is 3.60. The number of nitrogens with two attached hydrogens (primary N) is 1. The van der Waals surface area contributed by atoms with E-state index < -0.39 is 0 Å². The number of hydrogen-bond donors (Lipinski definition) is 1. The number of rotatable bonds is 4. The maximum Gasteiger partial charge on any atom is 0.134 e. The molecule has 0 spiro atoms. The lowest BCUT2D eigenvalue weighted by molar-refractivity contribution is 0.696. The zero-order chi connectivity index (χ0) is 12.4. The lowest BCUT2D eigenvalue weighted by atomic mass is 10.1. The van der Waals surface area contributed by atoms with Crippen LogP contribution in [0, 0.1) is 13.8 Å². The van der Waals surface area contributed by atoms with Crippen LogP contribution in [-0.4, -0.2) is 11.5 Å². The zero-order valence-electron chi connectivity index (χ0n) is 10.5. The Labute approximate surface area is 111 Å². The predicted octanol–water partition coefficient (Wildman–Crippen LogP) is 3.94. The first-order valence-electron chi connectivity index (χ1n) is 5.85. The van der Waals surface area contributed by atoms with Gasteiger partial charge in [0.1, 0.15) is 5.01 Å². The van der Waals surface area contributed by atoms with Crippen molar-refractivity contribution in [1.29, 1.82) is 0 Å². The van der Waals surface area contributed by atoms with Gasteiger partial charge < -0.3 is 5.73 Å². The minimum atomic E-state index is 0.520. The molecule has 0 radical (unpaired) electrons. The lowest BCUT2D eigenvalue weighted by Crippen LogP contribution is -2.04. The van der Waals surface area contributed by atoms with Crippen molar-refractivity contribution < 1.29 is 0 Å². The van der Waals surface area contributed by atoms with E-state index in [0.717, 1.165) is 18.0 Å². The fraction of sp³-hybridized carbons (Fsp3) is 0.462. The summed E-state index contributed by atoms with van der Waals surface area (Å²) in [5, 5.41) is 3.29. The van der Waals surface area contributed by atoms with Gasteiger partial charge >= 0.3 is 0 Å². The molecule has 0 saturated carbocycles. The molecule has 1 atom stereocenters. The molecule has 2 nitrogen and oxygen atoms in total. The van der Waals surface area contributed by atoms with E-state index in [-0.39, 0.29) is 0 Å². The molecule has 0 aliphatic rings. The molecule has 0 bridgehead atoms. The third kappa shape index (κ3) is 2.59. The van der Waals surface area contributed by atoms with Crippen molar-refractivity contribution >= 4 is 22.7 Å². The number of hydrogen-bond acceptors (Lipinski definition) is 4. The van der Waals surface area contributed by atoms with Crippen LogP contribution in [0.4, 0.5) is 0 Å².